The predicted molar refractivity (Wildman–Crippen MR) is 86.5 cm³/mol. The summed E-state index contributed by atoms with van der Waals surface area (Å²) in [5.74, 6) is -0.195. The van der Waals surface area contributed by atoms with Gasteiger partial charge in [-0.25, -0.2) is 0 Å². The number of carbonyl (C=O) groups excluding carboxylic acids is 1. The van der Waals surface area contributed by atoms with Crippen LogP contribution in [0.4, 0.5) is 5.69 Å². The molecule has 0 aliphatic heterocycles. The largest absolute Gasteiger partial charge is 0.322 e. The predicted octanol–water partition coefficient (Wildman–Crippen LogP) is 3.65. The van der Waals surface area contributed by atoms with E-state index >= 15 is 0 Å². The monoisotopic (exact) mass is 303 g/mol. The molecule has 0 unspecified atom stereocenters. The number of rotatable bonds is 3. The smallest absolute Gasteiger partial charge is 0.248 e. The molecule has 1 heterocycles. The molecular formula is C16H18ClN3O. The minimum atomic E-state index is -0.195. The van der Waals surface area contributed by atoms with Crippen LogP contribution < -0.4 is 5.32 Å². The van der Waals surface area contributed by atoms with Crippen molar-refractivity contribution >= 4 is 29.3 Å². The van der Waals surface area contributed by atoms with Crippen molar-refractivity contribution in [1.29, 1.82) is 0 Å². The second kappa shape index (κ2) is 6.14. The van der Waals surface area contributed by atoms with Gasteiger partial charge in [-0.15, -0.1) is 0 Å². The summed E-state index contributed by atoms with van der Waals surface area (Å²) < 4.78 is 1.58. The third kappa shape index (κ3) is 3.73. The number of hydrogen-bond donors (Lipinski definition) is 1. The van der Waals surface area contributed by atoms with Gasteiger partial charge in [-0.2, -0.15) is 5.10 Å². The molecule has 0 saturated heterocycles. The lowest BCUT2D eigenvalue weighted by Gasteiger charge is -2.05. The van der Waals surface area contributed by atoms with Crippen LogP contribution in [0.25, 0.3) is 6.08 Å². The molecule has 1 aromatic heterocycles. The Morgan fingerprint density at radius 3 is 2.38 bits per heavy atom. The summed E-state index contributed by atoms with van der Waals surface area (Å²) >= 11 is 6.12. The fourth-order valence-electron chi connectivity index (χ4n) is 2.23. The van der Waals surface area contributed by atoms with Crippen LogP contribution in [0.15, 0.2) is 24.3 Å². The average molecular weight is 304 g/mol. The van der Waals surface area contributed by atoms with E-state index in [4.69, 9.17) is 11.6 Å². The van der Waals surface area contributed by atoms with Crippen LogP contribution in [0, 0.1) is 20.8 Å². The van der Waals surface area contributed by atoms with E-state index in [9.17, 15) is 4.79 Å². The van der Waals surface area contributed by atoms with Gasteiger partial charge in [0.15, 0.2) is 0 Å². The lowest BCUT2D eigenvalue weighted by molar-refractivity contribution is -0.111. The van der Waals surface area contributed by atoms with E-state index in [0.717, 1.165) is 28.1 Å². The maximum atomic E-state index is 12.0. The molecule has 0 aliphatic rings. The van der Waals surface area contributed by atoms with Crippen molar-refractivity contribution in [3.8, 4) is 0 Å². The summed E-state index contributed by atoms with van der Waals surface area (Å²) in [6.45, 7) is 5.85. The Kier molecular flexibility index (Phi) is 4.48. The van der Waals surface area contributed by atoms with Crippen molar-refractivity contribution in [2.75, 3.05) is 5.32 Å². The molecule has 0 fully saturated rings. The molecule has 1 aromatic carbocycles. The highest BCUT2D eigenvalue weighted by Crippen LogP contribution is 2.20. The number of nitrogens with zero attached hydrogens (tertiary/aromatic N) is 2. The van der Waals surface area contributed by atoms with Crippen LogP contribution in [0.3, 0.4) is 0 Å². The Bertz CT molecular complexity index is 696. The standard InChI is InChI=1S/C16H18ClN3O/c1-10-7-11(2)9-13(8-10)18-15(21)6-5-14-12(3)19-20(4)16(14)17/h5-9H,1-4H3,(H,18,21)/b6-5+. The molecule has 2 rings (SSSR count). The van der Waals surface area contributed by atoms with Gasteiger partial charge < -0.3 is 5.32 Å². The van der Waals surface area contributed by atoms with E-state index in [2.05, 4.69) is 16.5 Å². The van der Waals surface area contributed by atoms with Crippen molar-refractivity contribution in [2.24, 2.45) is 7.05 Å². The summed E-state index contributed by atoms with van der Waals surface area (Å²) in [6.07, 6.45) is 3.15. The van der Waals surface area contributed by atoms with Crippen LogP contribution in [0.5, 0.6) is 0 Å². The zero-order valence-electron chi connectivity index (χ0n) is 12.6. The molecule has 0 radical (unpaired) electrons. The number of halogens is 1. The summed E-state index contributed by atoms with van der Waals surface area (Å²) in [6, 6.07) is 5.92. The fraction of sp³-hybridized carbons (Fsp3) is 0.250. The van der Waals surface area contributed by atoms with Crippen LogP contribution in [0.2, 0.25) is 5.15 Å². The molecule has 1 N–H and O–H groups in total. The Labute approximate surface area is 129 Å². The quantitative estimate of drug-likeness (QED) is 0.880. The van der Waals surface area contributed by atoms with Crippen LogP contribution in [-0.2, 0) is 11.8 Å². The van der Waals surface area contributed by atoms with E-state index in [1.807, 2.05) is 32.9 Å². The van der Waals surface area contributed by atoms with Crippen LogP contribution in [0.1, 0.15) is 22.4 Å². The number of benzene rings is 1. The van der Waals surface area contributed by atoms with Gasteiger partial charge >= 0.3 is 0 Å². The van der Waals surface area contributed by atoms with Crippen LogP contribution in [-0.4, -0.2) is 15.7 Å². The summed E-state index contributed by atoms with van der Waals surface area (Å²) in [7, 11) is 1.77. The molecule has 4 nitrogen and oxygen atoms in total. The summed E-state index contributed by atoms with van der Waals surface area (Å²) in [4.78, 5) is 12.0. The molecule has 0 aliphatic carbocycles. The molecule has 110 valence electrons. The lowest BCUT2D eigenvalue weighted by Crippen LogP contribution is -2.08. The van der Waals surface area contributed by atoms with Gasteiger partial charge in [-0.3, -0.25) is 9.48 Å². The van der Waals surface area contributed by atoms with Crippen molar-refractivity contribution in [3.05, 3.63) is 51.8 Å². The molecule has 2 aromatic rings. The third-order valence-corrected chi connectivity index (χ3v) is 3.53. The number of anilines is 1. The zero-order valence-corrected chi connectivity index (χ0v) is 13.3. The zero-order chi connectivity index (χ0) is 15.6. The first kappa shape index (κ1) is 15.3. The van der Waals surface area contributed by atoms with Crippen molar-refractivity contribution in [2.45, 2.75) is 20.8 Å². The molecule has 0 atom stereocenters. The number of aromatic nitrogens is 2. The highest BCUT2D eigenvalue weighted by atomic mass is 35.5. The molecule has 5 heteroatoms. The minimum Gasteiger partial charge on any atom is -0.322 e. The van der Waals surface area contributed by atoms with E-state index in [0.29, 0.717) is 5.15 Å². The maximum Gasteiger partial charge on any atom is 0.248 e. The van der Waals surface area contributed by atoms with Gasteiger partial charge in [-0.1, -0.05) is 17.7 Å². The number of hydrogen-bond acceptors (Lipinski definition) is 2. The highest BCUT2D eigenvalue weighted by Gasteiger charge is 2.08. The number of amides is 1. The summed E-state index contributed by atoms with van der Waals surface area (Å²) in [5.41, 5.74) is 4.56. The normalized spacial score (nSPS) is 11.1. The third-order valence-electron chi connectivity index (χ3n) is 3.09. The van der Waals surface area contributed by atoms with Gasteiger partial charge in [0.2, 0.25) is 5.91 Å². The first-order valence-electron chi connectivity index (χ1n) is 6.63. The maximum absolute atomic E-state index is 12.0. The lowest BCUT2D eigenvalue weighted by atomic mass is 10.1. The number of carbonyl (C=O) groups is 1. The average Bonchev–Trinajstić information content (AvgIpc) is 2.60. The minimum absolute atomic E-state index is 0.195. The Balaban J connectivity index is 2.12. The first-order valence-corrected chi connectivity index (χ1v) is 7.01. The number of nitrogens with one attached hydrogen (secondary N) is 1. The second-order valence-corrected chi connectivity index (χ2v) is 5.47. The second-order valence-electron chi connectivity index (χ2n) is 5.11. The van der Waals surface area contributed by atoms with E-state index in [1.165, 1.54) is 6.08 Å². The molecule has 0 spiro atoms. The van der Waals surface area contributed by atoms with Gasteiger partial charge in [0.25, 0.3) is 0 Å². The van der Waals surface area contributed by atoms with Crippen molar-refractivity contribution < 1.29 is 4.79 Å². The molecule has 0 saturated carbocycles. The van der Waals surface area contributed by atoms with Gasteiger partial charge in [0.1, 0.15) is 5.15 Å². The van der Waals surface area contributed by atoms with Crippen molar-refractivity contribution in [1.82, 2.24) is 9.78 Å². The first-order chi connectivity index (χ1) is 9.86. The molecular weight excluding hydrogens is 286 g/mol. The van der Waals surface area contributed by atoms with Gasteiger partial charge in [0.05, 0.1) is 5.69 Å². The summed E-state index contributed by atoms with van der Waals surface area (Å²) in [5, 5.41) is 7.56. The van der Waals surface area contributed by atoms with E-state index in [-0.39, 0.29) is 5.91 Å². The molecule has 1 amide bonds. The van der Waals surface area contributed by atoms with Crippen molar-refractivity contribution in [3.63, 3.8) is 0 Å². The van der Waals surface area contributed by atoms with Gasteiger partial charge in [-0.05, 0) is 50.1 Å². The molecule has 0 bridgehead atoms. The Morgan fingerprint density at radius 2 is 1.86 bits per heavy atom. The number of aryl methyl sites for hydroxylation is 4. The molecule has 21 heavy (non-hydrogen) atoms. The van der Waals surface area contributed by atoms with E-state index < -0.39 is 0 Å². The van der Waals surface area contributed by atoms with Crippen LogP contribution >= 0.6 is 11.6 Å². The fourth-order valence-corrected chi connectivity index (χ4v) is 2.46. The topological polar surface area (TPSA) is 46.9 Å². The Hall–Kier alpha value is -2.07. The van der Waals surface area contributed by atoms with Gasteiger partial charge in [0, 0.05) is 24.4 Å². The highest BCUT2D eigenvalue weighted by molar-refractivity contribution is 6.31. The Morgan fingerprint density at radius 1 is 1.24 bits per heavy atom. The SMILES string of the molecule is Cc1cc(C)cc(NC(=O)/C=C/c2c(C)nn(C)c2Cl)c1. The van der Waals surface area contributed by atoms with E-state index in [1.54, 1.807) is 17.8 Å².